The van der Waals surface area contributed by atoms with Gasteiger partial charge in [0.25, 0.3) is 0 Å². The van der Waals surface area contributed by atoms with Crippen molar-refractivity contribution in [3.05, 3.63) is 49.8 Å². The van der Waals surface area contributed by atoms with E-state index in [1.54, 1.807) is 62.5 Å². The van der Waals surface area contributed by atoms with E-state index in [1.807, 2.05) is 29.5 Å². The number of methoxy groups -OCH3 is 5. The van der Waals surface area contributed by atoms with Crippen molar-refractivity contribution < 1.29 is 102 Å². The van der Waals surface area contributed by atoms with Crippen molar-refractivity contribution in [3.63, 3.8) is 0 Å². The Hall–Kier alpha value is -3.29. The molecule has 0 spiro atoms. The summed E-state index contributed by atoms with van der Waals surface area (Å²) in [5.74, 6) is 11.6. The number of Topliss-reactive ketones (excluding diaryl/α,β-unsaturated/α-hetero) is 1. The summed E-state index contributed by atoms with van der Waals surface area (Å²) in [6.45, 7) is 9.45. The van der Waals surface area contributed by atoms with Gasteiger partial charge in [0.1, 0.15) is 36.6 Å². The van der Waals surface area contributed by atoms with E-state index in [0.717, 1.165) is 44.6 Å². The van der Waals surface area contributed by atoms with Crippen LogP contribution in [0.3, 0.4) is 0 Å². The Labute approximate surface area is 539 Å². The Morgan fingerprint density at radius 1 is 0.852 bits per heavy atom. The molecule has 28 heteroatoms. The molecule has 4 heterocycles. The van der Waals surface area contributed by atoms with Gasteiger partial charge in [-0.05, 0) is 87.4 Å². The molecule has 88 heavy (non-hydrogen) atoms. The van der Waals surface area contributed by atoms with Crippen LogP contribution < -0.4 is 30.3 Å². The molecule has 0 unspecified atom stereocenters. The topological polar surface area (TPSA) is 308 Å². The molecule has 4 aliphatic heterocycles. The zero-order valence-electron chi connectivity index (χ0n) is 50.9. The molecule has 1 aromatic carbocycles. The fourth-order valence-corrected chi connectivity index (χ4v) is 16.1. The van der Waals surface area contributed by atoms with Crippen LogP contribution in [0.5, 0.6) is 17.2 Å². The highest BCUT2D eigenvalue weighted by Gasteiger charge is 2.52. The van der Waals surface area contributed by atoms with Crippen molar-refractivity contribution >= 4 is 72.9 Å². The molecule has 4 saturated heterocycles. The number of allylic oxidation sites excluding steroid dienone is 3. The van der Waals surface area contributed by atoms with Gasteiger partial charge in [0, 0.05) is 49.2 Å². The number of thioether (sulfide) groups is 1. The second-order valence-electron chi connectivity index (χ2n) is 22.2. The molecular weight excluding hydrogens is 1320 g/mol. The maximum absolute atomic E-state index is 14.5. The van der Waals surface area contributed by atoms with Gasteiger partial charge in [0.2, 0.25) is 17.2 Å². The van der Waals surface area contributed by atoms with Gasteiger partial charge in [-0.1, -0.05) is 89.3 Å². The lowest BCUT2D eigenvalue weighted by atomic mass is 9.75. The number of hydrogen-bond donors (Lipinski definition) is 8. The monoisotopic (exact) mass is 1400 g/mol. The van der Waals surface area contributed by atoms with E-state index in [1.165, 1.54) is 39.9 Å². The number of ether oxygens (including phenoxy) is 12. The molecule has 8 rings (SSSR count). The zero-order chi connectivity index (χ0) is 63.6. The van der Waals surface area contributed by atoms with Crippen LogP contribution in [0.25, 0.3) is 0 Å². The van der Waals surface area contributed by atoms with Crippen LogP contribution in [0.1, 0.15) is 95.0 Å². The van der Waals surface area contributed by atoms with Crippen molar-refractivity contribution in [2.75, 3.05) is 54.5 Å². The first-order valence-electron chi connectivity index (χ1n) is 29.4. The number of benzene rings is 1. The highest BCUT2D eigenvalue weighted by molar-refractivity contribution is 14.1. The van der Waals surface area contributed by atoms with E-state index < -0.39 is 127 Å². The number of alkyl carbamates (subject to hydrolysis) is 1. The predicted molar refractivity (Wildman–Crippen MR) is 333 cm³/mol. The second-order valence-corrected chi connectivity index (χ2v) is 27.1. The van der Waals surface area contributed by atoms with Crippen LogP contribution in [-0.4, -0.2) is 217 Å². The van der Waals surface area contributed by atoms with Gasteiger partial charge < -0.3 is 87.7 Å². The number of aliphatic hydroxyl groups excluding tert-OH is 4. The van der Waals surface area contributed by atoms with Crippen molar-refractivity contribution in [1.82, 2.24) is 16.1 Å². The molecule has 0 radical (unpaired) electrons. The fraction of sp³-hybridized carbons (Fsp3) is 0.683. The van der Waals surface area contributed by atoms with Gasteiger partial charge in [-0.2, -0.15) is 5.48 Å². The predicted octanol–water partition coefficient (Wildman–Crippen LogP) is 4.25. The van der Waals surface area contributed by atoms with E-state index in [-0.39, 0.29) is 71.2 Å². The number of carbonyl (C=O) groups excluding carboxylic acids is 3. The van der Waals surface area contributed by atoms with Crippen molar-refractivity contribution in [2.24, 2.45) is 0 Å². The molecule has 0 aromatic heterocycles. The number of rotatable bonds is 22. The van der Waals surface area contributed by atoms with Gasteiger partial charge in [-0.25, -0.2) is 4.79 Å². The number of nitrogens with one attached hydrogen (secondary N) is 3. The molecule has 1 saturated carbocycles. The molecule has 5 fully saturated rings. The summed E-state index contributed by atoms with van der Waals surface area (Å²) in [6, 6.07) is -1.26. The van der Waals surface area contributed by atoms with Gasteiger partial charge in [0.15, 0.2) is 41.8 Å². The quantitative estimate of drug-likeness (QED) is 0.0265. The van der Waals surface area contributed by atoms with E-state index in [4.69, 9.17) is 61.7 Å². The molecule has 2 bridgehead atoms. The number of amides is 1. The van der Waals surface area contributed by atoms with Crippen LogP contribution in [0.4, 0.5) is 4.79 Å². The van der Waals surface area contributed by atoms with Crippen LogP contribution in [0, 0.1) is 34.2 Å². The van der Waals surface area contributed by atoms with E-state index in [2.05, 4.69) is 39.8 Å². The van der Waals surface area contributed by atoms with Crippen molar-refractivity contribution in [2.45, 2.75) is 206 Å². The minimum atomic E-state index is -2.05. The Morgan fingerprint density at radius 3 is 2.26 bits per heavy atom. The molecule has 24 nitrogen and oxygen atoms in total. The smallest absolute Gasteiger partial charge is 0.411 e. The molecular formula is C60H82IN3O21S3. The lowest BCUT2D eigenvalue weighted by Gasteiger charge is -2.46. The Kier molecular flexibility index (Phi) is 26.1. The standard InChI is InChI=1S/C60H82IN3O21S3/c1-11-62-35-28-78-40(26-39(35)73-6)83-53-48(68)45(30(3)80-58(53)82-38-21-17-12-13-18-23-60(72)27-37(66)46(63-59(71)77-10)43(38)34(60)22-24-86-88-33-19-15-14-16-20-33)64-85-41-25-36(65)55(32(5)79-41)87-56(70)42-29(2)44(61)51(54(76-9)50(42)74-7)84-57-49(69)52(75-8)47(67)31(4)81-57/h12-13,22,30-33,35-36,38-41,45,47-49,52-53,55,57-58,62,64-65,67-69,72H,11,14-16,19-20,24-28H2,1-10H3,(H,63,71)/b13-12-,34-22+/t30-,31+,32-,35+,36+,38+,39+,40+,41+,45-,47+,48+,49-,52-,53-,55-,57+,58+,60+/m1/s1. The third kappa shape index (κ3) is 16.4. The third-order valence-electron chi connectivity index (χ3n) is 16.4. The first-order chi connectivity index (χ1) is 42.2. The zero-order valence-corrected chi connectivity index (χ0v) is 55.5. The average molecular weight is 1400 g/mol. The minimum absolute atomic E-state index is 0.0109. The number of halogens is 1. The normalized spacial score (nSPS) is 36.1. The molecule has 1 aromatic rings. The van der Waals surface area contributed by atoms with Crippen LogP contribution in [0.15, 0.2) is 35.1 Å². The SMILES string of the molecule is CCN[C@H]1CO[C@@H](O[C@H]2[C@H](O[C@H]3C#C/C=C\C#C[C@]4(O)CC(=O)C(NC(=O)OC)=C3/C4=C\CSSC3CCCCC3)O[C@H](C)[C@@H](NO[C@H]3C[C@H](O)[C@H](SC(=O)c4c(C)c(I)c(O[C@@H]5O[C@@H](C)[C@H](O)[C@@H](OC)[C@H]5O)c(OC)c4OC)[C@@H](C)O3)[C@@H]2O)C[C@@H]1OC. The molecule has 3 aliphatic carbocycles. The Bertz CT molecular complexity index is 2830. The maximum atomic E-state index is 14.5. The summed E-state index contributed by atoms with van der Waals surface area (Å²) < 4.78 is 72.9. The largest absolute Gasteiger partial charge is 0.492 e. The molecule has 8 N–H and O–H groups in total. The van der Waals surface area contributed by atoms with E-state index >= 15 is 0 Å². The van der Waals surface area contributed by atoms with E-state index in [9.17, 15) is 39.9 Å². The van der Waals surface area contributed by atoms with Gasteiger partial charge in [-0.3, -0.25) is 19.7 Å². The number of likely N-dealkylation sites (N-methyl/N-ethyl adjacent to an activating group) is 1. The number of carbonyl (C=O) groups is 3. The first-order valence-corrected chi connectivity index (χ1v) is 33.7. The average Bonchev–Trinajstić information content (AvgIpc) is 2.97. The number of hydrogen-bond acceptors (Lipinski definition) is 26. The summed E-state index contributed by atoms with van der Waals surface area (Å²) >= 11 is 2.84. The highest BCUT2D eigenvalue weighted by Crippen LogP contribution is 2.49. The fourth-order valence-electron chi connectivity index (χ4n) is 11.7. The second kappa shape index (κ2) is 32.5. The third-order valence-corrected chi connectivity index (χ3v) is 21.9. The number of aliphatic hydroxyl groups is 5. The van der Waals surface area contributed by atoms with Crippen LogP contribution in [0.2, 0.25) is 0 Å². The lowest BCUT2D eigenvalue weighted by Crippen LogP contribution is -2.65. The summed E-state index contributed by atoms with van der Waals surface area (Å²) in [4.78, 5) is 47.9. The number of hydroxylamine groups is 1. The van der Waals surface area contributed by atoms with Crippen LogP contribution in [-0.2, 0) is 52.3 Å². The summed E-state index contributed by atoms with van der Waals surface area (Å²) in [5, 5.41) is 63.6. The van der Waals surface area contributed by atoms with Crippen molar-refractivity contribution in [3.8, 4) is 40.9 Å². The van der Waals surface area contributed by atoms with Gasteiger partial charge >= 0.3 is 6.09 Å². The number of fused-ring (bicyclic) bond motifs is 2. The highest BCUT2D eigenvalue weighted by atomic mass is 127. The summed E-state index contributed by atoms with van der Waals surface area (Å²) in [6.07, 6.45) is -7.89. The first kappa shape index (κ1) is 70.6. The van der Waals surface area contributed by atoms with Gasteiger partial charge in [-0.15, -0.1) is 0 Å². The molecule has 19 atom stereocenters. The van der Waals surface area contributed by atoms with Gasteiger partial charge in [0.05, 0.1) is 97.0 Å². The summed E-state index contributed by atoms with van der Waals surface area (Å²) in [7, 11) is 10.2. The Morgan fingerprint density at radius 2 is 1.58 bits per heavy atom. The van der Waals surface area contributed by atoms with Crippen LogP contribution >= 0.6 is 55.9 Å². The number of ketones is 1. The molecule has 488 valence electrons. The summed E-state index contributed by atoms with van der Waals surface area (Å²) in [5.41, 5.74) is 1.41. The maximum Gasteiger partial charge on any atom is 0.411 e. The lowest BCUT2D eigenvalue weighted by molar-refractivity contribution is -0.336. The van der Waals surface area contributed by atoms with Crippen molar-refractivity contribution in [1.29, 1.82) is 0 Å². The Balaban J connectivity index is 1.02. The molecule has 7 aliphatic rings. The minimum Gasteiger partial charge on any atom is -0.492 e. The van der Waals surface area contributed by atoms with E-state index in [0.29, 0.717) is 26.7 Å². The molecule has 1 amide bonds.